The number of hydrogen-bond acceptors (Lipinski definition) is 4. The highest BCUT2D eigenvalue weighted by Crippen LogP contribution is 2.22. The number of piperidine rings is 1. The number of halogens is 1. The largest absolute Gasteiger partial charge is 0.491 e. The van der Waals surface area contributed by atoms with Crippen LogP contribution in [-0.2, 0) is 11.3 Å². The Morgan fingerprint density at radius 1 is 1.22 bits per heavy atom. The molecule has 1 aliphatic heterocycles. The molecular formula is C21H25FN2O3. The summed E-state index contributed by atoms with van der Waals surface area (Å²) in [6, 6.07) is 15.5. The van der Waals surface area contributed by atoms with Gasteiger partial charge in [-0.2, -0.15) is 0 Å². The van der Waals surface area contributed by atoms with Crippen molar-refractivity contribution < 1.29 is 19.0 Å². The number of β-amino-alcohol motifs (C(OH)–C–C–N with tert-alkyl or cyclic N) is 1. The molecule has 6 heteroatoms. The normalized spacial score (nSPS) is 20.2. The van der Waals surface area contributed by atoms with Gasteiger partial charge in [-0.25, -0.2) is 4.39 Å². The van der Waals surface area contributed by atoms with Gasteiger partial charge < -0.3 is 15.2 Å². The van der Waals surface area contributed by atoms with Crippen molar-refractivity contribution in [3.05, 3.63) is 66.0 Å². The van der Waals surface area contributed by atoms with Crippen LogP contribution in [0.15, 0.2) is 54.6 Å². The number of nitrogens with zero attached hydrogens (tertiary/aromatic N) is 1. The molecule has 5 nitrogen and oxygen atoms in total. The molecule has 0 radical (unpaired) electrons. The third-order valence-corrected chi connectivity index (χ3v) is 4.63. The Hall–Kier alpha value is -2.44. The lowest BCUT2D eigenvalue weighted by molar-refractivity contribution is -0.124. The summed E-state index contributed by atoms with van der Waals surface area (Å²) in [6.07, 6.45) is 1.44. The number of hydrogen-bond donors (Lipinski definition) is 2. The summed E-state index contributed by atoms with van der Waals surface area (Å²) in [5, 5.41) is 13.6. The van der Waals surface area contributed by atoms with Crippen molar-refractivity contribution in [2.24, 2.45) is 0 Å². The Balaban J connectivity index is 1.46. The predicted molar refractivity (Wildman–Crippen MR) is 101 cm³/mol. The van der Waals surface area contributed by atoms with Gasteiger partial charge in [0.25, 0.3) is 0 Å². The van der Waals surface area contributed by atoms with Gasteiger partial charge in [0, 0.05) is 13.1 Å². The van der Waals surface area contributed by atoms with Crippen LogP contribution in [0.3, 0.4) is 0 Å². The topological polar surface area (TPSA) is 61.8 Å². The fourth-order valence-corrected chi connectivity index (χ4v) is 3.30. The maximum atomic E-state index is 13.2. The minimum Gasteiger partial charge on any atom is -0.491 e. The number of likely N-dealkylation sites (tertiary alicyclic amines) is 1. The Labute approximate surface area is 158 Å². The molecule has 1 atom stereocenters. The SMILES string of the molecule is O=C(CN1CCCC(O)(COc2ccccc2)C1)NCc1cccc(F)c1. The van der Waals surface area contributed by atoms with E-state index in [1.807, 2.05) is 35.2 Å². The average Bonchev–Trinajstić information content (AvgIpc) is 2.66. The van der Waals surface area contributed by atoms with E-state index in [0.29, 0.717) is 13.0 Å². The number of carbonyl (C=O) groups excluding carboxylic acids is 1. The zero-order chi connectivity index (χ0) is 19.1. The molecule has 144 valence electrons. The molecule has 1 amide bonds. The van der Waals surface area contributed by atoms with Crippen LogP contribution in [0.2, 0.25) is 0 Å². The molecule has 27 heavy (non-hydrogen) atoms. The van der Waals surface area contributed by atoms with E-state index in [-0.39, 0.29) is 31.4 Å². The first-order valence-electron chi connectivity index (χ1n) is 9.16. The van der Waals surface area contributed by atoms with Crippen molar-refractivity contribution in [3.63, 3.8) is 0 Å². The Kier molecular flexibility index (Phi) is 6.42. The summed E-state index contributed by atoms with van der Waals surface area (Å²) in [4.78, 5) is 14.1. The van der Waals surface area contributed by atoms with E-state index in [1.54, 1.807) is 12.1 Å². The third kappa shape index (κ3) is 6.05. The van der Waals surface area contributed by atoms with Crippen LogP contribution in [0.5, 0.6) is 5.75 Å². The van der Waals surface area contributed by atoms with E-state index in [9.17, 15) is 14.3 Å². The predicted octanol–water partition coefficient (Wildman–Crippen LogP) is 2.35. The van der Waals surface area contributed by atoms with Gasteiger partial charge in [-0.05, 0) is 49.2 Å². The zero-order valence-electron chi connectivity index (χ0n) is 15.2. The van der Waals surface area contributed by atoms with Gasteiger partial charge in [0.2, 0.25) is 5.91 Å². The highest BCUT2D eigenvalue weighted by atomic mass is 19.1. The van der Waals surface area contributed by atoms with Crippen molar-refractivity contribution in [2.75, 3.05) is 26.2 Å². The van der Waals surface area contributed by atoms with Crippen molar-refractivity contribution in [1.29, 1.82) is 0 Å². The van der Waals surface area contributed by atoms with Crippen molar-refractivity contribution in [2.45, 2.75) is 25.0 Å². The summed E-state index contributed by atoms with van der Waals surface area (Å²) < 4.78 is 18.9. The molecule has 2 N–H and O–H groups in total. The second kappa shape index (κ2) is 8.97. The second-order valence-corrected chi connectivity index (χ2v) is 7.05. The maximum Gasteiger partial charge on any atom is 0.234 e. The van der Waals surface area contributed by atoms with Crippen LogP contribution in [0.1, 0.15) is 18.4 Å². The van der Waals surface area contributed by atoms with Crippen LogP contribution in [0, 0.1) is 5.82 Å². The van der Waals surface area contributed by atoms with Gasteiger partial charge in [0.1, 0.15) is 23.8 Å². The van der Waals surface area contributed by atoms with Crippen LogP contribution in [0.25, 0.3) is 0 Å². The summed E-state index contributed by atoms with van der Waals surface area (Å²) in [5.41, 5.74) is -0.258. The highest BCUT2D eigenvalue weighted by molar-refractivity contribution is 5.78. The van der Waals surface area contributed by atoms with Crippen LogP contribution >= 0.6 is 0 Å². The second-order valence-electron chi connectivity index (χ2n) is 7.05. The summed E-state index contributed by atoms with van der Waals surface area (Å²) >= 11 is 0. The van der Waals surface area contributed by atoms with Gasteiger partial charge in [-0.3, -0.25) is 9.69 Å². The molecule has 0 bridgehead atoms. The Bertz CT molecular complexity index is 756. The lowest BCUT2D eigenvalue weighted by Gasteiger charge is -2.38. The number of rotatable bonds is 7. The quantitative estimate of drug-likeness (QED) is 0.783. The molecule has 0 spiro atoms. The molecule has 1 heterocycles. The lowest BCUT2D eigenvalue weighted by atomic mass is 9.93. The molecule has 0 aliphatic carbocycles. The fraction of sp³-hybridized carbons (Fsp3) is 0.381. The summed E-state index contributed by atoms with van der Waals surface area (Å²) in [6.45, 7) is 1.81. The maximum absolute atomic E-state index is 13.2. The third-order valence-electron chi connectivity index (χ3n) is 4.63. The first-order chi connectivity index (χ1) is 13.0. The standard InChI is InChI=1S/C21H25FN2O3/c22-18-7-4-6-17(12-18)13-23-20(25)14-24-11-5-10-21(26,15-24)16-27-19-8-2-1-3-9-19/h1-4,6-9,12,26H,5,10-11,13-16H2,(H,23,25). The van der Waals surface area contributed by atoms with E-state index in [4.69, 9.17) is 4.74 Å². The smallest absolute Gasteiger partial charge is 0.234 e. The molecule has 0 aromatic heterocycles. The minimum atomic E-state index is -0.975. The minimum absolute atomic E-state index is 0.146. The van der Waals surface area contributed by atoms with Gasteiger partial charge in [-0.1, -0.05) is 30.3 Å². The van der Waals surface area contributed by atoms with Crippen LogP contribution in [0.4, 0.5) is 4.39 Å². The number of aliphatic hydroxyl groups is 1. The molecular weight excluding hydrogens is 347 g/mol. The van der Waals surface area contributed by atoms with Crippen LogP contribution < -0.4 is 10.1 Å². The van der Waals surface area contributed by atoms with Gasteiger partial charge in [0.05, 0.1) is 6.54 Å². The fourth-order valence-electron chi connectivity index (χ4n) is 3.30. The number of nitrogens with one attached hydrogen (secondary N) is 1. The lowest BCUT2D eigenvalue weighted by Crippen LogP contribution is -2.53. The van der Waals surface area contributed by atoms with E-state index >= 15 is 0 Å². The summed E-state index contributed by atoms with van der Waals surface area (Å²) in [7, 11) is 0. The Morgan fingerprint density at radius 2 is 2.04 bits per heavy atom. The number of carbonyl (C=O) groups is 1. The molecule has 1 aliphatic rings. The number of amides is 1. The van der Waals surface area contributed by atoms with E-state index in [1.165, 1.54) is 12.1 Å². The average molecular weight is 372 g/mol. The van der Waals surface area contributed by atoms with E-state index in [2.05, 4.69) is 5.32 Å². The number of para-hydroxylation sites is 1. The molecule has 1 fully saturated rings. The van der Waals surface area contributed by atoms with Crippen molar-refractivity contribution in [3.8, 4) is 5.75 Å². The number of benzene rings is 2. The first kappa shape index (κ1) is 19.3. The molecule has 2 aromatic carbocycles. The number of ether oxygens (including phenoxy) is 1. The van der Waals surface area contributed by atoms with E-state index < -0.39 is 5.60 Å². The zero-order valence-corrected chi connectivity index (χ0v) is 15.2. The molecule has 1 unspecified atom stereocenters. The Morgan fingerprint density at radius 3 is 2.81 bits per heavy atom. The van der Waals surface area contributed by atoms with Crippen molar-refractivity contribution >= 4 is 5.91 Å². The molecule has 0 saturated carbocycles. The van der Waals surface area contributed by atoms with Crippen LogP contribution in [-0.4, -0.2) is 47.8 Å². The van der Waals surface area contributed by atoms with Gasteiger partial charge in [0.15, 0.2) is 0 Å². The van der Waals surface area contributed by atoms with Gasteiger partial charge >= 0.3 is 0 Å². The molecule has 3 rings (SSSR count). The van der Waals surface area contributed by atoms with Crippen molar-refractivity contribution in [1.82, 2.24) is 10.2 Å². The van der Waals surface area contributed by atoms with Gasteiger partial charge in [-0.15, -0.1) is 0 Å². The first-order valence-corrected chi connectivity index (χ1v) is 9.16. The monoisotopic (exact) mass is 372 g/mol. The van der Waals surface area contributed by atoms with E-state index in [0.717, 1.165) is 24.3 Å². The highest BCUT2D eigenvalue weighted by Gasteiger charge is 2.34. The summed E-state index contributed by atoms with van der Waals surface area (Å²) in [5.74, 6) is 0.254. The molecule has 2 aromatic rings. The molecule has 1 saturated heterocycles.